The minimum absolute atomic E-state index is 0.307. The monoisotopic (exact) mass is 337 g/mol. The summed E-state index contributed by atoms with van der Waals surface area (Å²) in [6.45, 7) is 2.77. The van der Waals surface area contributed by atoms with Gasteiger partial charge in [0.05, 0.1) is 12.1 Å². The van der Waals surface area contributed by atoms with Crippen LogP contribution in [0.5, 0.6) is 0 Å². The highest BCUT2D eigenvalue weighted by atomic mass is 79.9. The van der Waals surface area contributed by atoms with Crippen LogP contribution in [0.2, 0.25) is 0 Å². The highest BCUT2D eigenvalue weighted by molar-refractivity contribution is 9.10. The molecule has 20 heavy (non-hydrogen) atoms. The number of benzene rings is 1. The lowest BCUT2D eigenvalue weighted by molar-refractivity contribution is -0.0227. The van der Waals surface area contributed by atoms with E-state index in [1.807, 2.05) is 29.8 Å². The second kappa shape index (κ2) is 5.49. The van der Waals surface area contributed by atoms with Crippen molar-refractivity contribution >= 4 is 21.6 Å². The van der Waals surface area contributed by atoms with Crippen molar-refractivity contribution in [2.75, 3.05) is 12.3 Å². The molecule has 0 bridgehead atoms. The lowest BCUT2D eigenvalue weighted by Crippen LogP contribution is -2.34. The average molecular weight is 338 g/mol. The molecule has 1 aromatic carbocycles. The Morgan fingerprint density at radius 1 is 1.45 bits per heavy atom. The molecule has 2 aromatic rings. The Labute approximate surface area is 125 Å². The Morgan fingerprint density at radius 2 is 2.25 bits per heavy atom. The van der Waals surface area contributed by atoms with Crippen LogP contribution in [0.15, 0.2) is 22.7 Å². The van der Waals surface area contributed by atoms with Gasteiger partial charge in [-0.2, -0.15) is 0 Å². The van der Waals surface area contributed by atoms with Gasteiger partial charge in [-0.1, -0.05) is 0 Å². The topological polar surface area (TPSA) is 78.8 Å². The first kappa shape index (κ1) is 13.5. The number of nitrogens with zero attached hydrogens (tertiary/aromatic N) is 4. The molecular weight excluding hydrogens is 322 g/mol. The fourth-order valence-electron chi connectivity index (χ4n) is 2.42. The van der Waals surface area contributed by atoms with E-state index >= 15 is 0 Å². The van der Waals surface area contributed by atoms with Gasteiger partial charge in [-0.05, 0) is 64.3 Å². The zero-order valence-corrected chi connectivity index (χ0v) is 12.7. The SMILES string of the molecule is CCOC1CC(n2nnnc2-c2ccc(Br)c(N)c2)C1. The summed E-state index contributed by atoms with van der Waals surface area (Å²) in [6, 6.07) is 6.06. The average Bonchev–Trinajstić information content (AvgIpc) is 2.85. The van der Waals surface area contributed by atoms with Crippen molar-refractivity contribution in [3.05, 3.63) is 22.7 Å². The van der Waals surface area contributed by atoms with E-state index in [9.17, 15) is 0 Å². The van der Waals surface area contributed by atoms with E-state index in [-0.39, 0.29) is 0 Å². The molecule has 1 fully saturated rings. The Kier molecular flexibility index (Phi) is 3.71. The van der Waals surface area contributed by atoms with Gasteiger partial charge in [-0.25, -0.2) is 4.68 Å². The summed E-state index contributed by atoms with van der Waals surface area (Å²) in [4.78, 5) is 0. The molecule has 0 radical (unpaired) electrons. The van der Waals surface area contributed by atoms with E-state index in [1.54, 1.807) is 0 Å². The Morgan fingerprint density at radius 3 is 2.95 bits per heavy atom. The maximum atomic E-state index is 5.92. The number of nitrogen functional groups attached to an aromatic ring is 1. The molecule has 1 aliphatic carbocycles. The van der Waals surface area contributed by atoms with Gasteiger partial charge in [0.2, 0.25) is 0 Å². The normalized spacial score (nSPS) is 21.7. The largest absolute Gasteiger partial charge is 0.398 e. The highest BCUT2D eigenvalue weighted by Gasteiger charge is 2.33. The molecular formula is C13H16BrN5O. The molecule has 0 saturated heterocycles. The predicted octanol–water partition coefficient (Wildman–Crippen LogP) is 2.42. The second-order valence-corrected chi connectivity index (χ2v) is 5.74. The van der Waals surface area contributed by atoms with Crippen molar-refractivity contribution in [2.45, 2.75) is 31.9 Å². The minimum Gasteiger partial charge on any atom is -0.398 e. The number of hydrogen-bond acceptors (Lipinski definition) is 5. The van der Waals surface area contributed by atoms with Gasteiger partial charge in [0.25, 0.3) is 0 Å². The number of hydrogen-bond donors (Lipinski definition) is 1. The molecule has 0 spiro atoms. The number of halogens is 1. The van der Waals surface area contributed by atoms with E-state index in [2.05, 4.69) is 31.5 Å². The summed E-state index contributed by atoms with van der Waals surface area (Å²) in [5.41, 5.74) is 7.52. The summed E-state index contributed by atoms with van der Waals surface area (Å²) >= 11 is 3.39. The van der Waals surface area contributed by atoms with Gasteiger partial charge in [0.1, 0.15) is 0 Å². The molecule has 6 nitrogen and oxygen atoms in total. The predicted molar refractivity (Wildman–Crippen MR) is 79.1 cm³/mol. The number of nitrogens with two attached hydrogens (primary N) is 1. The first-order valence-electron chi connectivity index (χ1n) is 6.64. The maximum absolute atomic E-state index is 5.92. The van der Waals surface area contributed by atoms with Crippen molar-refractivity contribution in [1.29, 1.82) is 0 Å². The first-order chi connectivity index (χ1) is 9.69. The Hall–Kier alpha value is -1.47. The summed E-state index contributed by atoms with van der Waals surface area (Å²) < 4.78 is 8.33. The van der Waals surface area contributed by atoms with Crippen molar-refractivity contribution in [2.24, 2.45) is 0 Å². The molecule has 1 aliphatic rings. The third-order valence-corrected chi connectivity index (χ3v) is 4.29. The standard InChI is InChI=1S/C13H16BrN5O/c1-2-20-10-6-9(7-10)19-13(16-17-18-19)8-3-4-11(14)12(15)5-8/h3-5,9-10H,2,6-7,15H2,1H3. The third-order valence-electron chi connectivity index (χ3n) is 3.57. The fourth-order valence-corrected chi connectivity index (χ4v) is 2.67. The molecule has 1 aromatic heterocycles. The number of ether oxygens (including phenoxy) is 1. The van der Waals surface area contributed by atoms with Crippen LogP contribution in [0.4, 0.5) is 5.69 Å². The van der Waals surface area contributed by atoms with E-state index < -0.39 is 0 Å². The van der Waals surface area contributed by atoms with Gasteiger partial charge >= 0.3 is 0 Å². The molecule has 1 heterocycles. The van der Waals surface area contributed by atoms with Crippen LogP contribution in [0.3, 0.4) is 0 Å². The van der Waals surface area contributed by atoms with Crippen molar-refractivity contribution in [3.63, 3.8) is 0 Å². The molecule has 106 valence electrons. The van der Waals surface area contributed by atoms with Crippen LogP contribution in [0, 0.1) is 0 Å². The quantitative estimate of drug-likeness (QED) is 0.866. The van der Waals surface area contributed by atoms with Crippen LogP contribution >= 0.6 is 15.9 Å². The van der Waals surface area contributed by atoms with Crippen LogP contribution in [0.25, 0.3) is 11.4 Å². The van der Waals surface area contributed by atoms with Gasteiger partial charge in [-0.15, -0.1) is 5.10 Å². The van der Waals surface area contributed by atoms with E-state index in [4.69, 9.17) is 10.5 Å². The Bertz CT molecular complexity index is 609. The zero-order valence-electron chi connectivity index (χ0n) is 11.2. The van der Waals surface area contributed by atoms with Crippen molar-refractivity contribution < 1.29 is 4.74 Å². The van der Waals surface area contributed by atoms with Crippen LogP contribution < -0.4 is 5.73 Å². The summed E-state index contributed by atoms with van der Waals surface area (Å²) in [5.74, 6) is 0.754. The van der Waals surface area contributed by atoms with E-state index in [0.717, 1.165) is 35.3 Å². The van der Waals surface area contributed by atoms with E-state index in [0.29, 0.717) is 17.8 Å². The van der Waals surface area contributed by atoms with Crippen molar-refractivity contribution in [1.82, 2.24) is 20.2 Å². The van der Waals surface area contributed by atoms with E-state index in [1.165, 1.54) is 0 Å². The smallest absolute Gasteiger partial charge is 0.182 e. The summed E-state index contributed by atoms with van der Waals surface area (Å²) in [7, 11) is 0. The van der Waals surface area contributed by atoms with Gasteiger partial charge < -0.3 is 10.5 Å². The van der Waals surface area contributed by atoms with Gasteiger partial charge in [0, 0.05) is 22.3 Å². The first-order valence-corrected chi connectivity index (χ1v) is 7.43. The van der Waals surface area contributed by atoms with Crippen molar-refractivity contribution in [3.8, 4) is 11.4 Å². The molecule has 0 amide bonds. The number of tetrazole rings is 1. The number of aromatic nitrogens is 4. The fraction of sp³-hybridized carbons (Fsp3) is 0.462. The Balaban J connectivity index is 1.82. The second-order valence-electron chi connectivity index (χ2n) is 4.89. The molecule has 0 unspecified atom stereocenters. The lowest BCUT2D eigenvalue weighted by atomic mass is 9.89. The number of anilines is 1. The van der Waals surface area contributed by atoms with Gasteiger partial charge in [-0.3, -0.25) is 0 Å². The summed E-state index contributed by atoms with van der Waals surface area (Å²) in [6.07, 6.45) is 2.24. The molecule has 3 rings (SSSR count). The van der Waals surface area contributed by atoms with Gasteiger partial charge in [0.15, 0.2) is 5.82 Å². The lowest BCUT2D eigenvalue weighted by Gasteiger charge is -2.34. The summed E-state index contributed by atoms with van der Waals surface area (Å²) in [5, 5.41) is 12.0. The van der Waals surface area contributed by atoms with Crippen LogP contribution in [-0.2, 0) is 4.74 Å². The molecule has 0 atom stereocenters. The molecule has 2 N–H and O–H groups in total. The zero-order chi connectivity index (χ0) is 14.1. The highest BCUT2D eigenvalue weighted by Crippen LogP contribution is 2.36. The minimum atomic E-state index is 0.307. The third kappa shape index (κ3) is 2.43. The number of rotatable bonds is 4. The van der Waals surface area contributed by atoms with Crippen LogP contribution in [0.1, 0.15) is 25.8 Å². The molecule has 7 heteroatoms. The van der Waals surface area contributed by atoms with Crippen LogP contribution in [-0.4, -0.2) is 32.9 Å². The maximum Gasteiger partial charge on any atom is 0.182 e. The molecule has 0 aliphatic heterocycles. The molecule has 1 saturated carbocycles.